The monoisotopic (exact) mass is 420 g/mol. The maximum Gasteiger partial charge on any atom is 0.162 e. The van der Waals surface area contributed by atoms with E-state index in [1.807, 2.05) is 48.5 Å². The van der Waals surface area contributed by atoms with E-state index in [0.717, 1.165) is 54.6 Å². The zero-order chi connectivity index (χ0) is 20.9. The normalized spacial score (nSPS) is 11.5. The largest absolute Gasteiger partial charge is 0.368 e. The van der Waals surface area contributed by atoms with Crippen LogP contribution in [0.5, 0.6) is 0 Å². The summed E-state index contributed by atoms with van der Waals surface area (Å²) in [6, 6.07) is 15.5. The van der Waals surface area contributed by atoms with Crippen molar-refractivity contribution in [2.45, 2.75) is 20.3 Å². The smallest absolute Gasteiger partial charge is 0.162 e. The van der Waals surface area contributed by atoms with Crippen LogP contribution in [0.2, 0.25) is 5.02 Å². The number of nitrogens with one attached hydrogen (secondary N) is 1. The average Bonchev–Trinajstić information content (AvgIpc) is 2.79. The van der Waals surface area contributed by atoms with Crippen LogP contribution in [0.25, 0.3) is 33.3 Å². The summed E-state index contributed by atoms with van der Waals surface area (Å²) >= 11 is 6.06. The van der Waals surface area contributed by atoms with Crippen LogP contribution in [0.3, 0.4) is 0 Å². The Bertz CT molecular complexity index is 1140. The molecule has 0 amide bonds. The van der Waals surface area contributed by atoms with Crippen LogP contribution < -0.4 is 5.32 Å². The van der Waals surface area contributed by atoms with Crippen molar-refractivity contribution < 1.29 is 0 Å². The highest BCUT2D eigenvalue weighted by Crippen LogP contribution is 2.28. The number of anilines is 1. The number of halogens is 1. The van der Waals surface area contributed by atoms with Gasteiger partial charge in [0.25, 0.3) is 0 Å². The van der Waals surface area contributed by atoms with E-state index in [0.29, 0.717) is 22.2 Å². The van der Waals surface area contributed by atoms with Crippen molar-refractivity contribution in [2.75, 3.05) is 31.5 Å². The van der Waals surface area contributed by atoms with E-state index in [2.05, 4.69) is 34.3 Å². The fraction of sp³-hybridized carbons (Fsp3) is 0.304. The first kappa shape index (κ1) is 20.4. The fourth-order valence-corrected chi connectivity index (χ4v) is 3.63. The van der Waals surface area contributed by atoms with Gasteiger partial charge in [-0.2, -0.15) is 0 Å². The maximum atomic E-state index is 6.06. The highest BCUT2D eigenvalue weighted by atomic mass is 35.5. The second-order valence-corrected chi connectivity index (χ2v) is 7.56. The zero-order valence-electron chi connectivity index (χ0n) is 17.3. The molecule has 0 aliphatic rings. The Morgan fingerprint density at radius 1 is 0.900 bits per heavy atom. The highest BCUT2D eigenvalue weighted by Gasteiger charge is 2.14. The molecule has 0 bridgehead atoms. The topological polar surface area (TPSA) is 66.8 Å². The van der Waals surface area contributed by atoms with Crippen LogP contribution in [-0.4, -0.2) is 51.2 Å². The quantitative estimate of drug-likeness (QED) is 0.318. The fourth-order valence-electron chi connectivity index (χ4n) is 3.50. The first-order valence-electron chi connectivity index (χ1n) is 10.3. The number of aromatic nitrogens is 4. The molecular weight excluding hydrogens is 396 g/mol. The third-order valence-electron chi connectivity index (χ3n) is 5.24. The van der Waals surface area contributed by atoms with Crippen molar-refractivity contribution in [1.29, 1.82) is 0 Å². The summed E-state index contributed by atoms with van der Waals surface area (Å²) in [7, 11) is 0. The minimum absolute atomic E-state index is 0.642. The van der Waals surface area contributed by atoms with Gasteiger partial charge in [0.2, 0.25) is 0 Å². The van der Waals surface area contributed by atoms with Gasteiger partial charge in [-0.15, -0.1) is 10.2 Å². The van der Waals surface area contributed by atoms with Gasteiger partial charge in [-0.05, 0) is 56.4 Å². The lowest BCUT2D eigenvalue weighted by atomic mass is 10.1. The minimum Gasteiger partial charge on any atom is -0.368 e. The van der Waals surface area contributed by atoms with Gasteiger partial charge in [-0.3, -0.25) is 0 Å². The molecular formula is C23H25ClN6. The number of rotatable bonds is 8. The van der Waals surface area contributed by atoms with Crippen LogP contribution in [-0.2, 0) is 0 Å². The summed E-state index contributed by atoms with van der Waals surface area (Å²) < 4.78 is 0. The molecule has 4 rings (SSSR count). The first-order chi connectivity index (χ1) is 14.7. The second-order valence-electron chi connectivity index (χ2n) is 7.12. The van der Waals surface area contributed by atoms with Gasteiger partial charge in [-0.25, -0.2) is 9.97 Å². The van der Waals surface area contributed by atoms with Crippen LogP contribution in [0, 0.1) is 0 Å². The third kappa shape index (κ3) is 4.35. The standard InChI is InChI=1S/C23H25ClN6/c1-3-30(4-2)15-7-14-25-23-21-20(18-8-5-6-9-19(18)28-29-21)26-22(27-23)16-10-12-17(24)13-11-16/h5-6,8-13H,3-4,7,14-15H2,1-2H3,(H,25,26,27). The number of fused-ring (bicyclic) bond motifs is 3. The lowest BCUT2D eigenvalue weighted by Crippen LogP contribution is -2.25. The van der Waals surface area contributed by atoms with Crippen molar-refractivity contribution in [2.24, 2.45) is 0 Å². The van der Waals surface area contributed by atoms with Gasteiger partial charge < -0.3 is 10.2 Å². The van der Waals surface area contributed by atoms with E-state index in [1.165, 1.54) is 0 Å². The van der Waals surface area contributed by atoms with Crippen LogP contribution in [0.15, 0.2) is 48.5 Å². The molecule has 7 heteroatoms. The maximum absolute atomic E-state index is 6.06. The number of hydrogen-bond donors (Lipinski definition) is 1. The Balaban J connectivity index is 1.73. The van der Waals surface area contributed by atoms with Crippen LogP contribution >= 0.6 is 11.6 Å². The van der Waals surface area contributed by atoms with Crippen molar-refractivity contribution in [3.05, 3.63) is 53.6 Å². The summed E-state index contributed by atoms with van der Waals surface area (Å²) in [6.45, 7) is 8.34. The Labute approximate surface area is 181 Å². The van der Waals surface area contributed by atoms with Gasteiger partial charge in [0.15, 0.2) is 17.2 Å². The third-order valence-corrected chi connectivity index (χ3v) is 5.49. The summed E-state index contributed by atoms with van der Waals surface area (Å²) in [5.41, 5.74) is 3.22. The van der Waals surface area contributed by atoms with Gasteiger partial charge >= 0.3 is 0 Å². The van der Waals surface area contributed by atoms with Gasteiger partial charge in [-0.1, -0.05) is 43.6 Å². The predicted molar refractivity (Wildman–Crippen MR) is 124 cm³/mol. The molecule has 0 saturated carbocycles. The summed E-state index contributed by atoms with van der Waals surface area (Å²) in [4.78, 5) is 12.0. The number of benzene rings is 2. The molecule has 6 nitrogen and oxygen atoms in total. The summed E-state index contributed by atoms with van der Waals surface area (Å²) in [5, 5.41) is 13.9. The highest BCUT2D eigenvalue weighted by molar-refractivity contribution is 6.30. The molecule has 4 aromatic rings. The Kier molecular flexibility index (Phi) is 6.35. The number of hydrogen-bond acceptors (Lipinski definition) is 6. The summed E-state index contributed by atoms with van der Waals surface area (Å²) in [5.74, 6) is 1.35. The molecule has 154 valence electrons. The molecule has 0 radical (unpaired) electrons. The van der Waals surface area contributed by atoms with Gasteiger partial charge in [0, 0.05) is 22.5 Å². The average molecular weight is 421 g/mol. The van der Waals surface area contributed by atoms with Crippen LogP contribution in [0.1, 0.15) is 20.3 Å². The van der Waals surface area contributed by atoms with Crippen molar-refractivity contribution in [3.63, 3.8) is 0 Å². The minimum atomic E-state index is 0.642. The van der Waals surface area contributed by atoms with E-state index >= 15 is 0 Å². The lowest BCUT2D eigenvalue weighted by Gasteiger charge is -2.18. The van der Waals surface area contributed by atoms with Crippen molar-refractivity contribution in [3.8, 4) is 11.4 Å². The summed E-state index contributed by atoms with van der Waals surface area (Å²) in [6.07, 6.45) is 1.02. The van der Waals surface area contributed by atoms with Crippen molar-refractivity contribution in [1.82, 2.24) is 25.1 Å². The molecule has 1 N–H and O–H groups in total. The Hall–Kier alpha value is -2.83. The van der Waals surface area contributed by atoms with Gasteiger partial charge in [0.1, 0.15) is 5.52 Å². The molecule has 0 atom stereocenters. The number of nitrogens with zero attached hydrogens (tertiary/aromatic N) is 5. The molecule has 0 aliphatic heterocycles. The molecule has 0 unspecified atom stereocenters. The van der Waals surface area contributed by atoms with Gasteiger partial charge in [0.05, 0.1) is 5.52 Å². The zero-order valence-corrected chi connectivity index (χ0v) is 18.0. The first-order valence-corrected chi connectivity index (χ1v) is 10.7. The Morgan fingerprint density at radius 2 is 1.67 bits per heavy atom. The molecule has 0 saturated heterocycles. The van der Waals surface area contributed by atoms with E-state index in [9.17, 15) is 0 Å². The molecule has 0 fully saturated rings. The molecule has 2 aromatic heterocycles. The predicted octanol–water partition coefficient (Wildman–Crippen LogP) is 5.04. The second kappa shape index (κ2) is 9.32. The molecule has 30 heavy (non-hydrogen) atoms. The lowest BCUT2D eigenvalue weighted by molar-refractivity contribution is 0.303. The van der Waals surface area contributed by atoms with E-state index in [1.54, 1.807) is 0 Å². The SMILES string of the molecule is CCN(CC)CCCNc1nc(-c2ccc(Cl)cc2)nc2c1nnc1ccccc12. The van der Waals surface area contributed by atoms with E-state index in [-0.39, 0.29) is 0 Å². The van der Waals surface area contributed by atoms with Crippen molar-refractivity contribution >= 4 is 39.4 Å². The van der Waals surface area contributed by atoms with Crippen LogP contribution in [0.4, 0.5) is 5.82 Å². The molecule has 2 aromatic carbocycles. The van der Waals surface area contributed by atoms with E-state index < -0.39 is 0 Å². The Morgan fingerprint density at radius 3 is 2.43 bits per heavy atom. The molecule has 2 heterocycles. The van der Waals surface area contributed by atoms with E-state index in [4.69, 9.17) is 21.6 Å². The molecule has 0 aliphatic carbocycles. The molecule has 0 spiro atoms.